The van der Waals surface area contributed by atoms with E-state index in [0.717, 1.165) is 12.8 Å². The van der Waals surface area contributed by atoms with Crippen LogP contribution in [0.2, 0.25) is 0 Å². The minimum absolute atomic E-state index is 0.256. The van der Waals surface area contributed by atoms with Gasteiger partial charge in [-0.25, -0.2) is 0 Å². The third kappa shape index (κ3) is 5.50. The second-order valence-corrected chi connectivity index (χ2v) is 7.38. The lowest BCUT2D eigenvalue weighted by Crippen LogP contribution is -2.43. The first-order chi connectivity index (χ1) is 11.3. The molecule has 2 atom stereocenters. The Morgan fingerprint density at radius 3 is 2.25 bits per heavy atom. The van der Waals surface area contributed by atoms with Gasteiger partial charge in [0, 0.05) is 0 Å². The van der Waals surface area contributed by atoms with Gasteiger partial charge in [-0.2, -0.15) is 0 Å². The zero-order chi connectivity index (χ0) is 18.2. The smallest absolute Gasteiger partial charge is 0.317 e. The molecule has 0 aromatic rings. The van der Waals surface area contributed by atoms with Crippen molar-refractivity contribution in [2.75, 3.05) is 13.2 Å². The fraction of sp³-hybridized carbons (Fsp3) is 0.700. The van der Waals surface area contributed by atoms with E-state index in [2.05, 4.69) is 6.92 Å². The van der Waals surface area contributed by atoms with E-state index in [-0.39, 0.29) is 23.8 Å². The first-order valence-electron chi connectivity index (χ1n) is 9.03. The van der Waals surface area contributed by atoms with Gasteiger partial charge in [0.15, 0.2) is 0 Å². The third-order valence-electron chi connectivity index (χ3n) is 4.05. The van der Waals surface area contributed by atoms with Crippen molar-refractivity contribution in [1.29, 1.82) is 0 Å². The average molecular weight is 336 g/mol. The molecule has 0 N–H and O–H groups in total. The third-order valence-corrected chi connectivity index (χ3v) is 4.05. The summed E-state index contributed by atoms with van der Waals surface area (Å²) in [5.41, 5.74) is -0.951. The standard InChI is InChI=1S/C20H32O4/c1-6-7-11-20(19(22)24-14-16(4)5)12-9-8-10-17(20)18(21)23-13-15(2)3/h8-10,12,15-17H,6-7,11,13-14H2,1-5H3. The Balaban J connectivity index is 3.02. The number of carbonyl (C=O) groups is 2. The lowest BCUT2D eigenvalue weighted by Gasteiger charge is -2.35. The van der Waals surface area contributed by atoms with Crippen LogP contribution in [0, 0.1) is 23.2 Å². The van der Waals surface area contributed by atoms with E-state index in [9.17, 15) is 9.59 Å². The maximum Gasteiger partial charge on any atom is 0.317 e. The van der Waals surface area contributed by atoms with Crippen molar-refractivity contribution in [3.8, 4) is 0 Å². The van der Waals surface area contributed by atoms with Gasteiger partial charge < -0.3 is 9.47 Å². The monoisotopic (exact) mass is 336 g/mol. The van der Waals surface area contributed by atoms with Gasteiger partial charge in [-0.3, -0.25) is 9.59 Å². The maximum absolute atomic E-state index is 12.9. The lowest BCUT2D eigenvalue weighted by molar-refractivity contribution is -0.166. The predicted octanol–water partition coefficient (Wildman–Crippen LogP) is 4.30. The highest BCUT2D eigenvalue weighted by Gasteiger charge is 2.48. The Morgan fingerprint density at radius 1 is 1.04 bits per heavy atom. The molecule has 1 aliphatic rings. The van der Waals surface area contributed by atoms with Crippen LogP contribution in [0.4, 0.5) is 0 Å². The lowest BCUT2D eigenvalue weighted by atomic mass is 9.69. The van der Waals surface area contributed by atoms with Gasteiger partial charge in [0.05, 0.1) is 19.1 Å². The highest BCUT2D eigenvalue weighted by Crippen LogP contribution is 2.41. The Labute approximate surface area is 146 Å². The van der Waals surface area contributed by atoms with Crippen molar-refractivity contribution in [2.45, 2.75) is 53.9 Å². The minimum atomic E-state index is -0.951. The maximum atomic E-state index is 12.9. The summed E-state index contributed by atoms with van der Waals surface area (Å²) in [7, 11) is 0. The Hall–Kier alpha value is -1.58. The van der Waals surface area contributed by atoms with Crippen LogP contribution in [-0.2, 0) is 19.1 Å². The molecule has 4 heteroatoms. The molecule has 0 aromatic carbocycles. The summed E-state index contributed by atoms with van der Waals surface area (Å²) in [5.74, 6) is -0.771. The van der Waals surface area contributed by atoms with Crippen LogP contribution in [0.5, 0.6) is 0 Å². The molecule has 0 aromatic heterocycles. The van der Waals surface area contributed by atoms with Gasteiger partial charge in [-0.05, 0) is 18.3 Å². The number of unbranched alkanes of at least 4 members (excludes halogenated alkanes) is 1. The minimum Gasteiger partial charge on any atom is -0.465 e. The molecule has 1 aliphatic carbocycles. The largest absolute Gasteiger partial charge is 0.465 e. The summed E-state index contributed by atoms with van der Waals surface area (Å²) in [6.07, 6.45) is 9.62. The molecule has 0 saturated heterocycles. The molecule has 0 saturated carbocycles. The van der Waals surface area contributed by atoms with Crippen LogP contribution in [0.1, 0.15) is 53.9 Å². The summed E-state index contributed by atoms with van der Waals surface area (Å²) in [4.78, 5) is 25.5. The van der Waals surface area contributed by atoms with Crippen molar-refractivity contribution in [3.63, 3.8) is 0 Å². The predicted molar refractivity (Wildman–Crippen MR) is 95.3 cm³/mol. The summed E-state index contributed by atoms with van der Waals surface area (Å²) < 4.78 is 10.9. The van der Waals surface area contributed by atoms with Crippen molar-refractivity contribution in [3.05, 3.63) is 24.3 Å². The molecule has 0 heterocycles. The molecular weight excluding hydrogens is 304 g/mol. The molecule has 0 bridgehead atoms. The molecule has 24 heavy (non-hydrogen) atoms. The number of ether oxygens (including phenoxy) is 2. The summed E-state index contributed by atoms with van der Waals surface area (Å²) in [5, 5.41) is 0. The van der Waals surface area contributed by atoms with Gasteiger partial charge in [-0.15, -0.1) is 0 Å². The highest BCUT2D eigenvalue weighted by molar-refractivity contribution is 5.89. The second kappa shape index (κ2) is 9.65. The zero-order valence-electron chi connectivity index (χ0n) is 15.7. The van der Waals surface area contributed by atoms with E-state index in [1.807, 2.05) is 39.8 Å². The number of carbonyl (C=O) groups excluding carboxylic acids is 2. The van der Waals surface area contributed by atoms with E-state index < -0.39 is 11.3 Å². The van der Waals surface area contributed by atoms with Gasteiger partial charge >= 0.3 is 11.9 Å². The fourth-order valence-electron chi connectivity index (χ4n) is 2.69. The SMILES string of the molecule is CCCCC1(C(=O)OCC(C)C)C=CC=CC1C(=O)OCC(C)C. The summed E-state index contributed by atoms with van der Waals surface area (Å²) in [6, 6.07) is 0. The highest BCUT2D eigenvalue weighted by atomic mass is 16.5. The quantitative estimate of drug-likeness (QED) is 0.589. The van der Waals surface area contributed by atoms with E-state index in [4.69, 9.17) is 9.47 Å². The van der Waals surface area contributed by atoms with Crippen LogP contribution >= 0.6 is 0 Å². The molecule has 2 unspecified atom stereocenters. The van der Waals surface area contributed by atoms with Crippen LogP contribution in [0.3, 0.4) is 0 Å². The molecule has 136 valence electrons. The van der Waals surface area contributed by atoms with Crippen LogP contribution < -0.4 is 0 Å². The van der Waals surface area contributed by atoms with Crippen LogP contribution in [-0.4, -0.2) is 25.2 Å². The number of hydrogen-bond acceptors (Lipinski definition) is 4. The molecule has 0 fully saturated rings. The van der Waals surface area contributed by atoms with E-state index in [0.29, 0.717) is 19.6 Å². The van der Waals surface area contributed by atoms with E-state index >= 15 is 0 Å². The summed E-state index contributed by atoms with van der Waals surface area (Å²) >= 11 is 0. The van der Waals surface area contributed by atoms with Crippen LogP contribution in [0.25, 0.3) is 0 Å². The van der Waals surface area contributed by atoms with E-state index in [1.165, 1.54) is 0 Å². The van der Waals surface area contributed by atoms with Crippen molar-refractivity contribution >= 4 is 11.9 Å². The average Bonchev–Trinajstić information content (AvgIpc) is 2.55. The molecule has 4 nitrogen and oxygen atoms in total. The zero-order valence-corrected chi connectivity index (χ0v) is 15.7. The molecule has 0 aliphatic heterocycles. The second-order valence-electron chi connectivity index (χ2n) is 7.38. The van der Waals surface area contributed by atoms with Gasteiger partial charge in [0.25, 0.3) is 0 Å². The Bertz CT molecular complexity index is 476. The van der Waals surface area contributed by atoms with Gasteiger partial charge in [-0.1, -0.05) is 71.8 Å². The molecule has 1 rings (SSSR count). The molecule has 0 amide bonds. The first kappa shape index (κ1) is 20.5. The number of allylic oxidation sites excluding steroid dienone is 2. The number of hydrogen-bond donors (Lipinski definition) is 0. The Morgan fingerprint density at radius 2 is 1.67 bits per heavy atom. The van der Waals surface area contributed by atoms with Gasteiger partial charge in [0.1, 0.15) is 5.41 Å². The summed E-state index contributed by atoms with van der Waals surface area (Å²) in [6.45, 7) is 10.8. The molecule has 0 spiro atoms. The topological polar surface area (TPSA) is 52.6 Å². The molecular formula is C20H32O4. The fourth-order valence-corrected chi connectivity index (χ4v) is 2.69. The van der Waals surface area contributed by atoms with E-state index in [1.54, 1.807) is 12.2 Å². The van der Waals surface area contributed by atoms with Crippen molar-refractivity contribution in [2.24, 2.45) is 23.2 Å². The first-order valence-corrected chi connectivity index (χ1v) is 9.03. The van der Waals surface area contributed by atoms with Crippen LogP contribution in [0.15, 0.2) is 24.3 Å². The normalized spacial score (nSPS) is 22.9. The van der Waals surface area contributed by atoms with Crippen molar-refractivity contribution in [1.82, 2.24) is 0 Å². The number of esters is 2. The van der Waals surface area contributed by atoms with Crippen molar-refractivity contribution < 1.29 is 19.1 Å². The Kier molecular flexibility index (Phi) is 8.23. The number of rotatable bonds is 9. The molecule has 0 radical (unpaired) electrons. The van der Waals surface area contributed by atoms with Gasteiger partial charge in [0.2, 0.25) is 0 Å².